The maximum absolute atomic E-state index is 10.6. The lowest BCUT2D eigenvalue weighted by Gasteiger charge is -2.17. The summed E-state index contributed by atoms with van der Waals surface area (Å²) in [6.45, 7) is 7.58. The smallest absolute Gasteiger partial charge is 0.337 e. The summed E-state index contributed by atoms with van der Waals surface area (Å²) in [6, 6.07) is 3.06. The molecule has 0 aromatic carbocycles. The molecule has 1 aromatic heterocycles. The average Bonchev–Trinajstić information content (AvgIpc) is 2.35. The standard InChI is InChI=1S/C12H18N2O3/c1-3-14(4-2)7-8-17-11-6-5-10(9-13-11)12(15)16/h5-6,9H,3-4,7-8H2,1-2H3,(H,15,16). The topological polar surface area (TPSA) is 62.7 Å². The Bertz CT molecular complexity index is 347. The molecule has 0 fully saturated rings. The van der Waals surface area contributed by atoms with E-state index in [1.165, 1.54) is 12.3 Å². The van der Waals surface area contributed by atoms with Crippen LogP contribution in [-0.4, -0.2) is 47.2 Å². The highest BCUT2D eigenvalue weighted by Gasteiger charge is 2.04. The Morgan fingerprint density at radius 2 is 2.12 bits per heavy atom. The molecule has 0 aliphatic carbocycles. The van der Waals surface area contributed by atoms with E-state index in [-0.39, 0.29) is 5.56 Å². The number of likely N-dealkylation sites (N-methyl/N-ethyl adjacent to an activating group) is 1. The van der Waals surface area contributed by atoms with Crippen molar-refractivity contribution in [1.82, 2.24) is 9.88 Å². The number of carboxylic acid groups (broad SMARTS) is 1. The molecule has 5 heteroatoms. The van der Waals surface area contributed by atoms with Crippen molar-refractivity contribution < 1.29 is 14.6 Å². The first-order valence-electron chi connectivity index (χ1n) is 5.71. The molecule has 1 aromatic rings. The zero-order valence-corrected chi connectivity index (χ0v) is 10.2. The maximum atomic E-state index is 10.6. The largest absolute Gasteiger partial charge is 0.478 e. The van der Waals surface area contributed by atoms with Gasteiger partial charge in [0.1, 0.15) is 6.61 Å². The molecule has 0 spiro atoms. The predicted molar refractivity (Wildman–Crippen MR) is 64.5 cm³/mol. The molecule has 0 bridgehead atoms. The summed E-state index contributed by atoms with van der Waals surface area (Å²) in [6.07, 6.45) is 1.30. The van der Waals surface area contributed by atoms with E-state index in [1.54, 1.807) is 6.07 Å². The van der Waals surface area contributed by atoms with Crippen LogP contribution in [0.4, 0.5) is 0 Å². The van der Waals surface area contributed by atoms with Crippen LogP contribution in [0.5, 0.6) is 5.88 Å². The number of nitrogens with zero attached hydrogens (tertiary/aromatic N) is 2. The fourth-order valence-corrected chi connectivity index (χ4v) is 1.41. The van der Waals surface area contributed by atoms with Crippen molar-refractivity contribution in [2.24, 2.45) is 0 Å². The van der Waals surface area contributed by atoms with Crippen LogP contribution in [0.3, 0.4) is 0 Å². The molecule has 0 saturated heterocycles. The minimum absolute atomic E-state index is 0.168. The van der Waals surface area contributed by atoms with Crippen molar-refractivity contribution in [1.29, 1.82) is 0 Å². The molecule has 5 nitrogen and oxygen atoms in total. The number of carbonyl (C=O) groups is 1. The van der Waals surface area contributed by atoms with E-state index in [1.807, 2.05) is 0 Å². The van der Waals surface area contributed by atoms with E-state index < -0.39 is 5.97 Å². The minimum atomic E-state index is -0.979. The second-order valence-corrected chi connectivity index (χ2v) is 3.57. The third-order valence-corrected chi connectivity index (χ3v) is 2.54. The van der Waals surface area contributed by atoms with Gasteiger partial charge in [-0.15, -0.1) is 0 Å². The summed E-state index contributed by atoms with van der Waals surface area (Å²) in [7, 11) is 0. The monoisotopic (exact) mass is 238 g/mol. The molecule has 1 rings (SSSR count). The zero-order valence-electron chi connectivity index (χ0n) is 10.2. The van der Waals surface area contributed by atoms with Crippen molar-refractivity contribution in [3.8, 4) is 5.88 Å². The van der Waals surface area contributed by atoms with Gasteiger partial charge in [0.25, 0.3) is 0 Å². The fourth-order valence-electron chi connectivity index (χ4n) is 1.41. The van der Waals surface area contributed by atoms with Crippen LogP contribution in [0.15, 0.2) is 18.3 Å². The molecule has 0 saturated carbocycles. The van der Waals surface area contributed by atoms with Gasteiger partial charge in [0.2, 0.25) is 5.88 Å². The van der Waals surface area contributed by atoms with Gasteiger partial charge in [0, 0.05) is 18.8 Å². The molecule has 1 N–H and O–H groups in total. The van der Waals surface area contributed by atoms with Crippen molar-refractivity contribution in [2.75, 3.05) is 26.2 Å². The van der Waals surface area contributed by atoms with Gasteiger partial charge in [-0.2, -0.15) is 0 Å². The van der Waals surface area contributed by atoms with Crippen molar-refractivity contribution in [3.05, 3.63) is 23.9 Å². The van der Waals surface area contributed by atoms with Gasteiger partial charge >= 0.3 is 5.97 Å². The molecule has 0 aliphatic heterocycles. The first kappa shape index (κ1) is 13.4. The van der Waals surface area contributed by atoms with E-state index in [2.05, 4.69) is 23.7 Å². The SMILES string of the molecule is CCN(CC)CCOc1ccc(C(=O)O)cn1. The highest BCUT2D eigenvalue weighted by molar-refractivity contribution is 5.87. The lowest BCUT2D eigenvalue weighted by Crippen LogP contribution is -2.28. The Morgan fingerprint density at radius 3 is 2.59 bits per heavy atom. The Kier molecular flexibility index (Phi) is 5.42. The van der Waals surface area contributed by atoms with Crippen LogP contribution >= 0.6 is 0 Å². The number of ether oxygens (including phenoxy) is 1. The van der Waals surface area contributed by atoms with E-state index >= 15 is 0 Å². The summed E-state index contributed by atoms with van der Waals surface area (Å²) in [5.74, 6) is -0.519. The molecule has 17 heavy (non-hydrogen) atoms. The number of aromatic nitrogens is 1. The summed E-state index contributed by atoms with van der Waals surface area (Å²) >= 11 is 0. The van der Waals surface area contributed by atoms with Gasteiger partial charge in [0.15, 0.2) is 0 Å². The van der Waals surface area contributed by atoms with Crippen LogP contribution in [0.25, 0.3) is 0 Å². The summed E-state index contributed by atoms with van der Waals surface area (Å²) < 4.78 is 5.43. The highest BCUT2D eigenvalue weighted by Crippen LogP contribution is 2.07. The third kappa shape index (κ3) is 4.40. The van der Waals surface area contributed by atoms with E-state index in [0.717, 1.165) is 19.6 Å². The summed E-state index contributed by atoms with van der Waals surface area (Å²) in [5.41, 5.74) is 0.168. The molecule has 0 aliphatic rings. The van der Waals surface area contributed by atoms with Crippen LogP contribution in [-0.2, 0) is 0 Å². The van der Waals surface area contributed by atoms with Crippen LogP contribution in [0, 0.1) is 0 Å². The van der Waals surface area contributed by atoms with Crippen molar-refractivity contribution in [3.63, 3.8) is 0 Å². The van der Waals surface area contributed by atoms with Crippen LogP contribution in [0.1, 0.15) is 24.2 Å². The number of pyridine rings is 1. The second-order valence-electron chi connectivity index (χ2n) is 3.57. The Hall–Kier alpha value is -1.62. The van der Waals surface area contributed by atoms with Crippen molar-refractivity contribution >= 4 is 5.97 Å². The second kappa shape index (κ2) is 6.85. The molecule has 0 atom stereocenters. The van der Waals surface area contributed by atoms with Crippen molar-refractivity contribution in [2.45, 2.75) is 13.8 Å². The quantitative estimate of drug-likeness (QED) is 0.780. The number of carboxylic acids is 1. The lowest BCUT2D eigenvalue weighted by atomic mass is 10.3. The first-order valence-corrected chi connectivity index (χ1v) is 5.71. The lowest BCUT2D eigenvalue weighted by molar-refractivity contribution is 0.0696. The van der Waals surface area contributed by atoms with Crippen LogP contribution < -0.4 is 4.74 Å². The average molecular weight is 238 g/mol. The maximum Gasteiger partial charge on any atom is 0.337 e. The molecule has 0 radical (unpaired) electrons. The molecule has 0 unspecified atom stereocenters. The van der Waals surface area contributed by atoms with Gasteiger partial charge < -0.3 is 14.7 Å². The Morgan fingerprint density at radius 1 is 1.41 bits per heavy atom. The number of aromatic carboxylic acids is 1. The Balaban J connectivity index is 2.39. The molecule has 0 amide bonds. The minimum Gasteiger partial charge on any atom is -0.478 e. The number of rotatable bonds is 7. The predicted octanol–water partition coefficient (Wildman–Crippen LogP) is 1.50. The molecular weight excluding hydrogens is 220 g/mol. The van der Waals surface area contributed by atoms with Gasteiger partial charge in [-0.25, -0.2) is 9.78 Å². The van der Waals surface area contributed by atoms with E-state index in [9.17, 15) is 4.79 Å². The molecular formula is C12H18N2O3. The number of hydrogen-bond donors (Lipinski definition) is 1. The summed E-state index contributed by atoms with van der Waals surface area (Å²) in [4.78, 5) is 16.8. The zero-order chi connectivity index (χ0) is 12.7. The number of hydrogen-bond acceptors (Lipinski definition) is 4. The normalized spacial score (nSPS) is 10.5. The van der Waals surface area contributed by atoms with Gasteiger partial charge in [0.05, 0.1) is 5.56 Å². The summed E-state index contributed by atoms with van der Waals surface area (Å²) in [5, 5.41) is 8.70. The van der Waals surface area contributed by atoms with E-state index in [4.69, 9.17) is 9.84 Å². The Labute approximate surface area is 101 Å². The first-order chi connectivity index (χ1) is 8.17. The van der Waals surface area contributed by atoms with Crippen LogP contribution in [0.2, 0.25) is 0 Å². The van der Waals surface area contributed by atoms with E-state index in [0.29, 0.717) is 12.5 Å². The molecule has 1 heterocycles. The highest BCUT2D eigenvalue weighted by atomic mass is 16.5. The third-order valence-electron chi connectivity index (χ3n) is 2.54. The van der Waals surface area contributed by atoms with Gasteiger partial charge in [-0.3, -0.25) is 0 Å². The molecule has 94 valence electrons. The fraction of sp³-hybridized carbons (Fsp3) is 0.500. The van der Waals surface area contributed by atoms with Gasteiger partial charge in [-0.05, 0) is 19.2 Å². The van der Waals surface area contributed by atoms with Gasteiger partial charge in [-0.1, -0.05) is 13.8 Å².